The maximum Gasteiger partial charge on any atom is -0.00180 e. The van der Waals surface area contributed by atoms with Crippen LogP contribution in [0.5, 0.6) is 0 Å². The molecule has 1 unspecified atom stereocenters. The topological polar surface area (TPSA) is 26.0 Å². The summed E-state index contributed by atoms with van der Waals surface area (Å²) in [4.78, 5) is 0. The summed E-state index contributed by atoms with van der Waals surface area (Å²) in [6.07, 6.45) is 1.18. The molecule has 0 bridgehead atoms. The van der Waals surface area contributed by atoms with E-state index in [2.05, 4.69) is 48.5 Å². The van der Waals surface area contributed by atoms with Gasteiger partial charge in [0.1, 0.15) is 0 Å². The lowest BCUT2D eigenvalue weighted by molar-refractivity contribution is 0.0633. The van der Waals surface area contributed by atoms with Crippen LogP contribution in [0, 0.1) is 16.2 Å². The fourth-order valence-electron chi connectivity index (χ4n) is 1.81. The molecule has 0 aromatic rings. The average Bonchev–Trinajstić information content (AvgIpc) is 1.81. The maximum absolute atomic E-state index is 5.90. The predicted molar refractivity (Wildman–Crippen MR) is 60.7 cm³/mol. The second-order valence-corrected chi connectivity index (χ2v) is 6.75. The molecule has 0 aromatic carbocycles. The zero-order chi connectivity index (χ0) is 10.9. The lowest BCUT2D eigenvalue weighted by atomic mass is 9.61. The van der Waals surface area contributed by atoms with Gasteiger partial charge in [-0.15, -0.1) is 0 Å². The molecule has 2 N–H and O–H groups in total. The molecule has 0 radical (unpaired) electrons. The van der Waals surface area contributed by atoms with Gasteiger partial charge in [-0.05, 0) is 29.2 Å². The van der Waals surface area contributed by atoms with Crippen molar-refractivity contribution in [2.75, 3.05) is 6.54 Å². The summed E-state index contributed by atoms with van der Waals surface area (Å²) in [5, 5.41) is 0. The van der Waals surface area contributed by atoms with Gasteiger partial charge in [0, 0.05) is 0 Å². The van der Waals surface area contributed by atoms with Crippen LogP contribution >= 0.6 is 0 Å². The van der Waals surface area contributed by atoms with Crippen molar-refractivity contribution >= 4 is 0 Å². The van der Waals surface area contributed by atoms with Gasteiger partial charge in [0.25, 0.3) is 0 Å². The smallest absolute Gasteiger partial charge is 0.00180 e. The van der Waals surface area contributed by atoms with Crippen LogP contribution in [-0.2, 0) is 0 Å². The van der Waals surface area contributed by atoms with Crippen LogP contribution in [0.15, 0.2) is 0 Å². The minimum absolute atomic E-state index is 0.241. The molecule has 0 aliphatic carbocycles. The van der Waals surface area contributed by atoms with Crippen LogP contribution in [0.3, 0.4) is 0 Å². The first-order valence-electron chi connectivity index (χ1n) is 5.22. The third kappa shape index (κ3) is 3.68. The van der Waals surface area contributed by atoms with E-state index in [9.17, 15) is 0 Å². The van der Waals surface area contributed by atoms with E-state index < -0.39 is 0 Å². The van der Waals surface area contributed by atoms with Crippen molar-refractivity contribution in [2.24, 2.45) is 22.0 Å². The van der Waals surface area contributed by atoms with E-state index >= 15 is 0 Å². The van der Waals surface area contributed by atoms with E-state index in [-0.39, 0.29) is 10.8 Å². The molecule has 1 nitrogen and oxygen atoms in total. The SMILES string of the molecule is CC(C)(C)CC(C)(CN)C(C)(C)C. The Morgan fingerprint density at radius 2 is 1.23 bits per heavy atom. The van der Waals surface area contributed by atoms with Gasteiger partial charge in [0.2, 0.25) is 0 Å². The Hall–Kier alpha value is -0.0400. The number of rotatable bonds is 2. The molecule has 0 rings (SSSR count). The van der Waals surface area contributed by atoms with Crippen molar-refractivity contribution in [3.05, 3.63) is 0 Å². The summed E-state index contributed by atoms with van der Waals surface area (Å²) in [6, 6.07) is 0. The van der Waals surface area contributed by atoms with Gasteiger partial charge in [0.15, 0.2) is 0 Å². The average molecular weight is 185 g/mol. The first-order chi connectivity index (χ1) is 5.52. The Bertz CT molecular complexity index is 159. The highest BCUT2D eigenvalue weighted by atomic mass is 14.6. The highest BCUT2D eigenvalue weighted by Gasteiger charge is 2.38. The predicted octanol–water partition coefficient (Wildman–Crippen LogP) is 3.43. The Morgan fingerprint density at radius 3 is 1.31 bits per heavy atom. The monoisotopic (exact) mass is 185 g/mol. The van der Waals surface area contributed by atoms with Gasteiger partial charge in [-0.2, -0.15) is 0 Å². The van der Waals surface area contributed by atoms with E-state index in [1.54, 1.807) is 0 Å². The minimum atomic E-state index is 0.241. The van der Waals surface area contributed by atoms with Crippen LogP contribution in [0.2, 0.25) is 0 Å². The first-order valence-corrected chi connectivity index (χ1v) is 5.22. The lowest BCUT2D eigenvalue weighted by Gasteiger charge is -2.45. The van der Waals surface area contributed by atoms with E-state index in [4.69, 9.17) is 5.73 Å². The van der Waals surface area contributed by atoms with Crippen molar-refractivity contribution in [3.63, 3.8) is 0 Å². The van der Waals surface area contributed by atoms with Gasteiger partial charge >= 0.3 is 0 Å². The third-order valence-corrected chi connectivity index (χ3v) is 3.18. The largest absolute Gasteiger partial charge is 0.330 e. The van der Waals surface area contributed by atoms with Gasteiger partial charge < -0.3 is 5.73 Å². The Kier molecular flexibility index (Phi) is 3.59. The number of hydrogen-bond donors (Lipinski definition) is 1. The normalized spacial score (nSPS) is 18.5. The van der Waals surface area contributed by atoms with Crippen LogP contribution in [0.4, 0.5) is 0 Å². The fourth-order valence-corrected chi connectivity index (χ4v) is 1.81. The first kappa shape index (κ1) is 13.0. The highest BCUT2D eigenvalue weighted by molar-refractivity contribution is 4.90. The molecule has 80 valence electrons. The van der Waals surface area contributed by atoms with Gasteiger partial charge in [-0.25, -0.2) is 0 Å². The fraction of sp³-hybridized carbons (Fsp3) is 1.00. The Morgan fingerprint density at radius 1 is 0.846 bits per heavy atom. The number of nitrogens with two attached hydrogens (primary N) is 1. The quantitative estimate of drug-likeness (QED) is 0.701. The zero-order valence-corrected chi connectivity index (χ0v) is 10.5. The molecule has 0 aromatic heterocycles. The van der Waals surface area contributed by atoms with Crippen molar-refractivity contribution in [1.82, 2.24) is 0 Å². The number of hydrogen-bond acceptors (Lipinski definition) is 1. The Balaban J connectivity index is 4.67. The van der Waals surface area contributed by atoms with Gasteiger partial charge in [0.05, 0.1) is 0 Å². The summed E-state index contributed by atoms with van der Waals surface area (Å²) in [5.41, 5.74) is 6.79. The van der Waals surface area contributed by atoms with Crippen molar-refractivity contribution in [2.45, 2.75) is 54.9 Å². The zero-order valence-electron chi connectivity index (χ0n) is 10.5. The van der Waals surface area contributed by atoms with Crippen LogP contribution in [-0.4, -0.2) is 6.54 Å². The summed E-state index contributed by atoms with van der Waals surface area (Å²) >= 11 is 0. The van der Waals surface area contributed by atoms with E-state index in [0.717, 1.165) is 6.54 Å². The van der Waals surface area contributed by atoms with Crippen molar-refractivity contribution in [1.29, 1.82) is 0 Å². The molecule has 1 heteroatoms. The van der Waals surface area contributed by atoms with E-state index in [0.29, 0.717) is 5.41 Å². The van der Waals surface area contributed by atoms with Crippen molar-refractivity contribution in [3.8, 4) is 0 Å². The standard InChI is InChI=1S/C12H27N/c1-10(2,3)8-12(7,9-13)11(4,5)6/h8-9,13H2,1-7H3. The Labute approximate surface area is 84.1 Å². The second kappa shape index (κ2) is 3.61. The van der Waals surface area contributed by atoms with Crippen molar-refractivity contribution < 1.29 is 0 Å². The molecule has 1 atom stereocenters. The highest BCUT2D eigenvalue weighted by Crippen LogP contribution is 2.45. The summed E-state index contributed by atoms with van der Waals surface area (Å²) in [6.45, 7) is 16.8. The molecule has 0 spiro atoms. The van der Waals surface area contributed by atoms with Crippen LogP contribution in [0.1, 0.15) is 54.9 Å². The molecule has 0 heterocycles. The molecule has 13 heavy (non-hydrogen) atoms. The summed E-state index contributed by atoms with van der Waals surface area (Å²) in [5.74, 6) is 0. The molecular weight excluding hydrogens is 158 g/mol. The lowest BCUT2D eigenvalue weighted by Crippen LogP contribution is -2.42. The van der Waals surface area contributed by atoms with Crippen LogP contribution in [0.25, 0.3) is 0 Å². The molecular formula is C12H27N. The van der Waals surface area contributed by atoms with Gasteiger partial charge in [-0.1, -0.05) is 48.5 Å². The third-order valence-electron chi connectivity index (χ3n) is 3.18. The maximum atomic E-state index is 5.90. The molecule has 0 fully saturated rings. The second-order valence-electron chi connectivity index (χ2n) is 6.75. The van der Waals surface area contributed by atoms with Gasteiger partial charge in [-0.3, -0.25) is 0 Å². The minimum Gasteiger partial charge on any atom is -0.330 e. The van der Waals surface area contributed by atoms with Crippen LogP contribution < -0.4 is 5.73 Å². The molecule has 0 aliphatic heterocycles. The van der Waals surface area contributed by atoms with E-state index in [1.165, 1.54) is 6.42 Å². The molecule has 0 saturated heterocycles. The summed E-state index contributed by atoms with van der Waals surface area (Å²) < 4.78 is 0. The summed E-state index contributed by atoms with van der Waals surface area (Å²) in [7, 11) is 0. The molecule has 0 saturated carbocycles. The molecule has 0 aliphatic rings. The van der Waals surface area contributed by atoms with E-state index in [1.807, 2.05) is 0 Å². The molecule has 0 amide bonds.